The Morgan fingerprint density at radius 2 is 1.76 bits per heavy atom. The molecule has 21 heavy (non-hydrogen) atoms. The number of hydrogen-bond acceptors (Lipinski definition) is 2. The summed E-state index contributed by atoms with van der Waals surface area (Å²) in [5.74, 6) is 1.01. The van der Waals surface area contributed by atoms with E-state index in [4.69, 9.17) is 4.42 Å². The number of anilines is 1. The number of para-hydroxylation sites is 1. The minimum Gasteiger partial charge on any atom is -0.459 e. The van der Waals surface area contributed by atoms with E-state index in [2.05, 4.69) is 63.3 Å². The minimum absolute atomic E-state index is 0.138. The van der Waals surface area contributed by atoms with Crippen molar-refractivity contribution in [2.75, 3.05) is 5.32 Å². The first kappa shape index (κ1) is 13.7. The van der Waals surface area contributed by atoms with E-state index < -0.39 is 0 Å². The molecule has 0 saturated heterocycles. The number of hydrogen-bond donors (Lipinski definition) is 1. The Morgan fingerprint density at radius 3 is 2.48 bits per heavy atom. The number of nitrogens with one attached hydrogen (secondary N) is 1. The normalized spacial score (nSPS) is 12.6. The third-order valence-electron chi connectivity index (χ3n) is 4.03. The monoisotopic (exact) mass is 279 g/mol. The van der Waals surface area contributed by atoms with Gasteiger partial charge in [0.15, 0.2) is 0 Å². The van der Waals surface area contributed by atoms with Gasteiger partial charge < -0.3 is 9.73 Å². The maximum atomic E-state index is 6.03. The first-order valence-electron chi connectivity index (χ1n) is 7.38. The zero-order chi connectivity index (χ0) is 15.0. The van der Waals surface area contributed by atoms with Gasteiger partial charge in [-0.2, -0.15) is 0 Å². The molecule has 1 unspecified atom stereocenters. The number of furan rings is 1. The van der Waals surface area contributed by atoms with E-state index in [1.54, 1.807) is 0 Å². The second kappa shape index (κ2) is 5.28. The van der Waals surface area contributed by atoms with Gasteiger partial charge >= 0.3 is 0 Å². The van der Waals surface area contributed by atoms with Crippen molar-refractivity contribution in [1.82, 2.24) is 0 Å². The summed E-state index contributed by atoms with van der Waals surface area (Å²) in [5, 5.41) is 4.76. The Morgan fingerprint density at radius 1 is 1.00 bits per heavy atom. The Hall–Kier alpha value is -2.22. The maximum absolute atomic E-state index is 6.03. The fourth-order valence-electron chi connectivity index (χ4n) is 2.88. The lowest BCUT2D eigenvalue weighted by Crippen LogP contribution is -2.08. The van der Waals surface area contributed by atoms with Gasteiger partial charge in [-0.25, -0.2) is 0 Å². The van der Waals surface area contributed by atoms with Crippen molar-refractivity contribution in [3.05, 3.63) is 64.9 Å². The smallest absolute Gasteiger partial charge is 0.134 e. The molecular formula is C19H21NO. The molecule has 0 aliphatic heterocycles. The molecule has 2 heteroatoms. The van der Waals surface area contributed by atoms with Crippen molar-refractivity contribution in [2.24, 2.45) is 0 Å². The number of fused-ring (bicyclic) bond motifs is 1. The van der Waals surface area contributed by atoms with E-state index in [0.717, 1.165) is 17.0 Å². The van der Waals surface area contributed by atoms with Crippen LogP contribution in [0.15, 0.2) is 46.9 Å². The van der Waals surface area contributed by atoms with Gasteiger partial charge in [0.25, 0.3) is 0 Å². The van der Waals surface area contributed by atoms with Gasteiger partial charge in [0.1, 0.15) is 11.3 Å². The lowest BCUT2D eigenvalue weighted by atomic mass is 10.1. The van der Waals surface area contributed by atoms with Crippen molar-refractivity contribution >= 4 is 16.7 Å². The summed E-state index contributed by atoms with van der Waals surface area (Å²) in [7, 11) is 0. The molecule has 0 aliphatic carbocycles. The molecule has 0 bridgehead atoms. The highest BCUT2D eigenvalue weighted by Crippen LogP contribution is 2.31. The van der Waals surface area contributed by atoms with Crippen LogP contribution in [0.2, 0.25) is 0 Å². The van der Waals surface area contributed by atoms with Crippen molar-refractivity contribution in [2.45, 2.75) is 33.7 Å². The van der Waals surface area contributed by atoms with E-state index >= 15 is 0 Å². The summed E-state index contributed by atoms with van der Waals surface area (Å²) in [4.78, 5) is 0. The van der Waals surface area contributed by atoms with Gasteiger partial charge in [0, 0.05) is 16.6 Å². The summed E-state index contributed by atoms with van der Waals surface area (Å²) >= 11 is 0. The minimum atomic E-state index is 0.138. The van der Waals surface area contributed by atoms with Gasteiger partial charge in [0.2, 0.25) is 0 Å². The van der Waals surface area contributed by atoms with Gasteiger partial charge in [0.05, 0.1) is 6.04 Å². The van der Waals surface area contributed by atoms with Crippen molar-refractivity contribution < 1.29 is 4.42 Å². The van der Waals surface area contributed by atoms with Gasteiger partial charge in [-0.15, -0.1) is 0 Å². The molecule has 0 fully saturated rings. The lowest BCUT2D eigenvalue weighted by molar-refractivity contribution is 0.522. The molecule has 0 amide bonds. The largest absolute Gasteiger partial charge is 0.459 e. The zero-order valence-electron chi connectivity index (χ0n) is 13.0. The molecule has 1 atom stereocenters. The van der Waals surface area contributed by atoms with Crippen LogP contribution in [0, 0.1) is 20.8 Å². The molecule has 3 aromatic rings. The first-order chi connectivity index (χ1) is 10.1. The number of benzene rings is 2. The third-order valence-corrected chi connectivity index (χ3v) is 4.03. The molecule has 0 radical (unpaired) electrons. The molecule has 0 spiro atoms. The SMILES string of the molecule is Cc1ccc(NC(C)c2oc3ccccc3c2C)c(C)c1. The predicted octanol–water partition coefficient (Wildman–Crippen LogP) is 5.53. The summed E-state index contributed by atoms with van der Waals surface area (Å²) in [5.41, 5.74) is 5.88. The van der Waals surface area contributed by atoms with Crippen LogP contribution in [-0.4, -0.2) is 0 Å². The molecule has 2 nitrogen and oxygen atoms in total. The van der Waals surface area contributed by atoms with Crippen molar-refractivity contribution in [1.29, 1.82) is 0 Å². The Labute approximate surface area is 125 Å². The zero-order valence-corrected chi connectivity index (χ0v) is 13.0. The number of aryl methyl sites for hydroxylation is 3. The van der Waals surface area contributed by atoms with Crippen molar-refractivity contribution in [3.8, 4) is 0 Å². The van der Waals surface area contributed by atoms with E-state index in [9.17, 15) is 0 Å². The molecule has 108 valence electrons. The number of rotatable bonds is 3. The van der Waals surface area contributed by atoms with Crippen LogP contribution < -0.4 is 5.32 Å². The van der Waals surface area contributed by atoms with Gasteiger partial charge in [-0.3, -0.25) is 0 Å². The second-order valence-corrected chi connectivity index (χ2v) is 5.77. The Kier molecular flexibility index (Phi) is 3.46. The van der Waals surface area contributed by atoms with Crippen LogP contribution in [0.25, 0.3) is 11.0 Å². The van der Waals surface area contributed by atoms with Crippen LogP contribution >= 0.6 is 0 Å². The molecule has 1 heterocycles. The highest BCUT2D eigenvalue weighted by Gasteiger charge is 2.16. The average molecular weight is 279 g/mol. The molecule has 2 aromatic carbocycles. The van der Waals surface area contributed by atoms with E-state index in [1.165, 1.54) is 22.1 Å². The standard InChI is InChI=1S/C19H21NO/c1-12-9-10-17(13(2)11-12)20-15(4)19-14(3)16-7-5-6-8-18(16)21-19/h5-11,15,20H,1-4H3. The van der Waals surface area contributed by atoms with Crippen LogP contribution in [0.5, 0.6) is 0 Å². The highest BCUT2D eigenvalue weighted by atomic mass is 16.3. The molecule has 3 rings (SSSR count). The fraction of sp³-hybridized carbons (Fsp3) is 0.263. The maximum Gasteiger partial charge on any atom is 0.134 e. The van der Waals surface area contributed by atoms with Gasteiger partial charge in [-0.1, -0.05) is 35.9 Å². The second-order valence-electron chi connectivity index (χ2n) is 5.77. The summed E-state index contributed by atoms with van der Waals surface area (Å²) < 4.78 is 6.03. The van der Waals surface area contributed by atoms with Crippen LogP contribution in [0.4, 0.5) is 5.69 Å². The third kappa shape index (κ3) is 2.54. The highest BCUT2D eigenvalue weighted by molar-refractivity contribution is 5.82. The predicted molar refractivity (Wildman–Crippen MR) is 88.9 cm³/mol. The van der Waals surface area contributed by atoms with E-state index in [1.807, 2.05) is 12.1 Å². The van der Waals surface area contributed by atoms with E-state index in [-0.39, 0.29) is 6.04 Å². The van der Waals surface area contributed by atoms with E-state index in [0.29, 0.717) is 0 Å². The molecule has 1 N–H and O–H groups in total. The molecule has 1 aromatic heterocycles. The summed E-state index contributed by atoms with van der Waals surface area (Å²) in [6.45, 7) is 8.52. The topological polar surface area (TPSA) is 25.2 Å². The Balaban J connectivity index is 1.93. The fourth-order valence-corrected chi connectivity index (χ4v) is 2.88. The lowest BCUT2D eigenvalue weighted by Gasteiger charge is -2.16. The first-order valence-corrected chi connectivity index (χ1v) is 7.38. The molecule has 0 saturated carbocycles. The quantitative estimate of drug-likeness (QED) is 0.681. The van der Waals surface area contributed by atoms with Gasteiger partial charge in [-0.05, 0) is 45.4 Å². The summed E-state index contributed by atoms with van der Waals surface area (Å²) in [6, 6.07) is 14.8. The summed E-state index contributed by atoms with van der Waals surface area (Å²) in [6.07, 6.45) is 0. The van der Waals surface area contributed by atoms with Crippen LogP contribution in [0.3, 0.4) is 0 Å². The van der Waals surface area contributed by atoms with Crippen LogP contribution in [0.1, 0.15) is 35.4 Å². The van der Waals surface area contributed by atoms with Crippen molar-refractivity contribution in [3.63, 3.8) is 0 Å². The average Bonchev–Trinajstić information content (AvgIpc) is 2.80. The molecular weight excluding hydrogens is 258 g/mol. The Bertz CT molecular complexity index is 785. The van der Waals surface area contributed by atoms with Crippen LogP contribution in [-0.2, 0) is 0 Å². The molecule has 0 aliphatic rings.